The van der Waals surface area contributed by atoms with Crippen LogP contribution in [0.1, 0.15) is 25.0 Å². The van der Waals surface area contributed by atoms with Crippen molar-refractivity contribution in [2.45, 2.75) is 42.6 Å². The molecule has 11 heteroatoms. The number of benzene rings is 4. The van der Waals surface area contributed by atoms with Crippen LogP contribution in [-0.4, -0.2) is 57.1 Å². The molecule has 0 saturated carbocycles. The molecular formula is C35H38BrN3O5S2. The van der Waals surface area contributed by atoms with Crippen molar-refractivity contribution in [1.82, 2.24) is 10.2 Å². The lowest BCUT2D eigenvalue weighted by atomic mass is 10.0. The van der Waals surface area contributed by atoms with E-state index in [4.69, 9.17) is 4.74 Å². The van der Waals surface area contributed by atoms with Gasteiger partial charge < -0.3 is 15.0 Å². The standard InChI is InChI=1S/C35H38BrN3O5S2/c1-4-37-35(41)33(23-26-9-7-6-8-10-26)38(24-27-11-13-28(36)14-12-27)34(40)25-39(29-15-17-30(18-16-29)44-5-2)46(42,43)32-21-19-31(45-3)20-22-32/h6-22,33H,4-5,23-25H2,1-3H3,(H,37,41)/t33-/m1/s1. The number of carbonyl (C=O) groups excluding carboxylic acids is 2. The third kappa shape index (κ3) is 9.14. The Kier molecular flexibility index (Phi) is 12.7. The fourth-order valence-corrected chi connectivity index (χ4v) is 7.00. The van der Waals surface area contributed by atoms with E-state index in [-0.39, 0.29) is 23.8 Å². The molecule has 1 N–H and O–H groups in total. The third-order valence-electron chi connectivity index (χ3n) is 7.25. The van der Waals surface area contributed by atoms with E-state index in [9.17, 15) is 18.0 Å². The van der Waals surface area contributed by atoms with Crippen LogP contribution < -0.4 is 14.4 Å². The van der Waals surface area contributed by atoms with Crippen molar-refractivity contribution < 1.29 is 22.7 Å². The Labute approximate surface area is 284 Å². The van der Waals surface area contributed by atoms with Crippen LogP contribution in [0.25, 0.3) is 0 Å². The number of hydrogen-bond donors (Lipinski definition) is 1. The maximum absolute atomic E-state index is 14.5. The van der Waals surface area contributed by atoms with Gasteiger partial charge in [-0.3, -0.25) is 13.9 Å². The molecule has 0 radical (unpaired) electrons. The summed E-state index contributed by atoms with van der Waals surface area (Å²) in [7, 11) is -4.20. The number of rotatable bonds is 15. The summed E-state index contributed by atoms with van der Waals surface area (Å²) in [5.74, 6) is -0.261. The van der Waals surface area contributed by atoms with Crippen LogP contribution in [0.2, 0.25) is 0 Å². The van der Waals surface area contributed by atoms with Gasteiger partial charge >= 0.3 is 0 Å². The van der Waals surface area contributed by atoms with Gasteiger partial charge in [0.2, 0.25) is 11.8 Å². The minimum atomic E-state index is -4.20. The van der Waals surface area contributed by atoms with E-state index in [1.54, 1.807) is 48.5 Å². The minimum Gasteiger partial charge on any atom is -0.494 e. The van der Waals surface area contributed by atoms with Crippen molar-refractivity contribution in [3.05, 3.63) is 119 Å². The predicted octanol–water partition coefficient (Wildman–Crippen LogP) is 6.54. The third-order valence-corrected chi connectivity index (χ3v) is 10.3. The molecule has 46 heavy (non-hydrogen) atoms. The van der Waals surface area contributed by atoms with E-state index in [2.05, 4.69) is 21.2 Å². The molecule has 0 aliphatic heterocycles. The van der Waals surface area contributed by atoms with Crippen molar-refractivity contribution >= 4 is 55.2 Å². The molecular weight excluding hydrogens is 686 g/mol. The van der Waals surface area contributed by atoms with Crippen LogP contribution in [0, 0.1) is 0 Å². The molecule has 2 amide bonds. The van der Waals surface area contributed by atoms with E-state index < -0.39 is 28.5 Å². The molecule has 0 saturated heterocycles. The number of sulfonamides is 1. The average Bonchev–Trinajstić information content (AvgIpc) is 3.07. The van der Waals surface area contributed by atoms with Crippen molar-refractivity contribution in [1.29, 1.82) is 0 Å². The highest BCUT2D eigenvalue weighted by Gasteiger charge is 2.34. The molecule has 0 unspecified atom stereocenters. The first-order valence-corrected chi connectivity index (χ1v) is 18.4. The van der Waals surface area contributed by atoms with E-state index in [1.807, 2.05) is 74.7 Å². The Balaban J connectivity index is 1.79. The summed E-state index contributed by atoms with van der Waals surface area (Å²) in [5.41, 5.74) is 1.96. The number of hydrogen-bond acceptors (Lipinski definition) is 6. The van der Waals surface area contributed by atoms with Crippen LogP contribution in [0.5, 0.6) is 5.75 Å². The average molecular weight is 725 g/mol. The number of thioether (sulfide) groups is 1. The number of nitrogens with zero attached hydrogens (tertiary/aromatic N) is 2. The maximum Gasteiger partial charge on any atom is 0.264 e. The highest BCUT2D eigenvalue weighted by Crippen LogP contribution is 2.28. The van der Waals surface area contributed by atoms with Crippen LogP contribution in [0.15, 0.2) is 117 Å². The zero-order chi connectivity index (χ0) is 33.1. The Bertz CT molecular complexity index is 1690. The van der Waals surface area contributed by atoms with Gasteiger partial charge in [0.15, 0.2) is 0 Å². The van der Waals surface area contributed by atoms with Gasteiger partial charge in [0.05, 0.1) is 17.2 Å². The monoisotopic (exact) mass is 723 g/mol. The van der Waals surface area contributed by atoms with Crippen molar-refractivity contribution in [3.8, 4) is 5.75 Å². The van der Waals surface area contributed by atoms with Gasteiger partial charge in [-0.05, 0) is 91.9 Å². The highest BCUT2D eigenvalue weighted by atomic mass is 79.9. The van der Waals surface area contributed by atoms with Gasteiger partial charge in [-0.2, -0.15) is 0 Å². The van der Waals surface area contributed by atoms with Gasteiger partial charge in [-0.1, -0.05) is 58.4 Å². The van der Waals surface area contributed by atoms with Crippen LogP contribution in [-0.2, 0) is 32.6 Å². The van der Waals surface area contributed by atoms with Crippen LogP contribution in [0.4, 0.5) is 5.69 Å². The molecule has 242 valence electrons. The van der Waals surface area contributed by atoms with E-state index in [0.29, 0.717) is 24.6 Å². The first-order chi connectivity index (χ1) is 22.2. The Morgan fingerprint density at radius 2 is 1.52 bits per heavy atom. The number of nitrogens with one attached hydrogen (secondary N) is 1. The summed E-state index contributed by atoms with van der Waals surface area (Å²) in [6.07, 6.45) is 2.16. The summed E-state index contributed by atoms with van der Waals surface area (Å²) in [4.78, 5) is 30.5. The second-order valence-electron chi connectivity index (χ2n) is 10.4. The van der Waals surface area contributed by atoms with E-state index in [1.165, 1.54) is 16.7 Å². The minimum absolute atomic E-state index is 0.0519. The Morgan fingerprint density at radius 1 is 0.870 bits per heavy atom. The normalized spacial score (nSPS) is 11.8. The summed E-state index contributed by atoms with van der Waals surface area (Å²) in [5, 5.41) is 2.88. The molecule has 1 atom stereocenters. The Morgan fingerprint density at radius 3 is 2.11 bits per heavy atom. The van der Waals surface area contributed by atoms with Crippen LogP contribution >= 0.6 is 27.7 Å². The largest absolute Gasteiger partial charge is 0.494 e. The molecule has 4 rings (SSSR count). The van der Waals surface area contributed by atoms with Gasteiger partial charge in [-0.25, -0.2) is 8.42 Å². The first kappa shape index (κ1) is 35.1. The summed E-state index contributed by atoms with van der Waals surface area (Å²) >= 11 is 4.96. The van der Waals surface area contributed by atoms with Gasteiger partial charge in [0.25, 0.3) is 10.0 Å². The molecule has 0 bridgehead atoms. The SMILES string of the molecule is CCNC(=O)[C@@H](Cc1ccccc1)N(Cc1ccc(Br)cc1)C(=O)CN(c1ccc(OCC)cc1)S(=O)(=O)c1ccc(SC)cc1. The van der Waals surface area contributed by atoms with E-state index in [0.717, 1.165) is 24.8 Å². The van der Waals surface area contributed by atoms with Crippen LogP contribution in [0.3, 0.4) is 0 Å². The molecule has 0 spiro atoms. The number of likely N-dealkylation sites (N-methyl/N-ethyl adjacent to an activating group) is 1. The molecule has 0 aromatic heterocycles. The predicted molar refractivity (Wildman–Crippen MR) is 188 cm³/mol. The molecule has 0 heterocycles. The summed E-state index contributed by atoms with van der Waals surface area (Å²) in [6.45, 7) is 4.09. The lowest BCUT2D eigenvalue weighted by Gasteiger charge is -2.34. The molecule has 8 nitrogen and oxygen atoms in total. The second kappa shape index (κ2) is 16.7. The maximum atomic E-state index is 14.5. The fraction of sp³-hybridized carbons (Fsp3) is 0.257. The smallest absolute Gasteiger partial charge is 0.264 e. The van der Waals surface area contributed by atoms with Crippen molar-refractivity contribution in [3.63, 3.8) is 0 Å². The summed E-state index contributed by atoms with van der Waals surface area (Å²) in [6, 6.07) is 29.2. The molecule has 4 aromatic carbocycles. The van der Waals surface area contributed by atoms with E-state index >= 15 is 0 Å². The lowest BCUT2D eigenvalue weighted by Crippen LogP contribution is -2.53. The second-order valence-corrected chi connectivity index (χ2v) is 14.0. The van der Waals surface area contributed by atoms with Crippen molar-refractivity contribution in [2.75, 3.05) is 30.3 Å². The zero-order valence-electron chi connectivity index (χ0n) is 26.1. The number of carbonyl (C=O) groups is 2. The zero-order valence-corrected chi connectivity index (χ0v) is 29.3. The fourth-order valence-electron chi connectivity index (χ4n) is 4.91. The molecule has 4 aromatic rings. The Hall–Kier alpha value is -3.80. The van der Waals surface area contributed by atoms with Gasteiger partial charge in [-0.15, -0.1) is 11.8 Å². The highest BCUT2D eigenvalue weighted by molar-refractivity contribution is 9.10. The quantitative estimate of drug-likeness (QED) is 0.140. The number of amides is 2. The lowest BCUT2D eigenvalue weighted by molar-refractivity contribution is -0.140. The number of halogens is 1. The van der Waals surface area contributed by atoms with Gasteiger partial charge in [0, 0.05) is 28.9 Å². The topological polar surface area (TPSA) is 96.0 Å². The first-order valence-electron chi connectivity index (χ1n) is 14.9. The van der Waals surface area contributed by atoms with Gasteiger partial charge in [0.1, 0.15) is 18.3 Å². The van der Waals surface area contributed by atoms with Crippen molar-refractivity contribution in [2.24, 2.45) is 0 Å². The molecule has 0 aliphatic rings. The number of anilines is 1. The summed E-state index contributed by atoms with van der Waals surface area (Å²) < 4.78 is 36.0. The molecule has 0 aliphatic carbocycles. The number of ether oxygens (including phenoxy) is 1. The molecule has 0 fully saturated rings.